The predicted octanol–water partition coefficient (Wildman–Crippen LogP) is 2.04. The molecule has 19 heavy (non-hydrogen) atoms. The van der Waals surface area contributed by atoms with Gasteiger partial charge in [-0.15, -0.1) is 0 Å². The van der Waals surface area contributed by atoms with Gasteiger partial charge in [0.25, 0.3) is 0 Å². The second kappa shape index (κ2) is 7.61. The van der Waals surface area contributed by atoms with Gasteiger partial charge < -0.3 is 15.1 Å². The Kier molecular flexibility index (Phi) is 6.11. The van der Waals surface area contributed by atoms with Crippen LogP contribution in [-0.4, -0.2) is 63.2 Å². The number of piperidine rings is 1. The summed E-state index contributed by atoms with van der Waals surface area (Å²) in [7, 11) is 6.69. The van der Waals surface area contributed by atoms with Crippen molar-refractivity contribution in [3.63, 3.8) is 0 Å². The van der Waals surface area contributed by atoms with E-state index in [0.29, 0.717) is 0 Å². The molecule has 0 aromatic carbocycles. The Morgan fingerprint density at radius 2 is 1.47 bits per heavy atom. The first-order valence-electron chi connectivity index (χ1n) is 8.21. The second-order valence-electron chi connectivity index (χ2n) is 6.97. The van der Waals surface area contributed by atoms with Crippen LogP contribution in [0, 0.1) is 11.8 Å². The Morgan fingerprint density at radius 3 is 2.00 bits per heavy atom. The molecule has 1 aliphatic carbocycles. The molecule has 0 amide bonds. The van der Waals surface area contributed by atoms with Crippen molar-refractivity contribution in [1.29, 1.82) is 0 Å². The minimum Gasteiger partial charge on any atom is -0.317 e. The molecule has 1 saturated carbocycles. The first-order valence-corrected chi connectivity index (χ1v) is 8.21. The topological polar surface area (TPSA) is 18.5 Å². The van der Waals surface area contributed by atoms with E-state index in [9.17, 15) is 0 Å². The minimum atomic E-state index is 0.787. The average molecular weight is 267 g/mol. The summed E-state index contributed by atoms with van der Waals surface area (Å²) in [5.74, 6) is 1.88. The number of nitrogens with one attached hydrogen (secondary N) is 1. The molecule has 112 valence electrons. The molecule has 2 fully saturated rings. The van der Waals surface area contributed by atoms with Crippen LogP contribution in [0.4, 0.5) is 0 Å². The van der Waals surface area contributed by atoms with Crippen LogP contribution in [0.15, 0.2) is 0 Å². The zero-order valence-corrected chi connectivity index (χ0v) is 13.2. The maximum Gasteiger partial charge on any atom is 0.00642 e. The highest BCUT2D eigenvalue weighted by atomic mass is 15.1. The molecule has 1 heterocycles. The van der Waals surface area contributed by atoms with E-state index >= 15 is 0 Å². The average Bonchev–Trinajstić information content (AvgIpc) is 2.42. The van der Waals surface area contributed by atoms with Gasteiger partial charge in [0.1, 0.15) is 0 Å². The maximum absolute atomic E-state index is 3.43. The summed E-state index contributed by atoms with van der Waals surface area (Å²) in [6.07, 6.45) is 8.39. The summed E-state index contributed by atoms with van der Waals surface area (Å²) in [6.45, 7) is 5.24. The minimum absolute atomic E-state index is 0.787. The van der Waals surface area contributed by atoms with Crippen LogP contribution in [0.2, 0.25) is 0 Å². The van der Waals surface area contributed by atoms with Gasteiger partial charge in [-0.25, -0.2) is 0 Å². The van der Waals surface area contributed by atoms with E-state index in [1.807, 2.05) is 0 Å². The Labute approximate surface area is 119 Å². The van der Waals surface area contributed by atoms with Gasteiger partial charge in [0.05, 0.1) is 0 Å². The van der Waals surface area contributed by atoms with E-state index in [4.69, 9.17) is 0 Å². The molecule has 0 bridgehead atoms. The third-order valence-corrected chi connectivity index (χ3v) is 5.23. The largest absolute Gasteiger partial charge is 0.317 e. The predicted molar refractivity (Wildman–Crippen MR) is 82.5 cm³/mol. The molecule has 0 aromatic heterocycles. The second-order valence-corrected chi connectivity index (χ2v) is 6.97. The lowest BCUT2D eigenvalue weighted by Crippen LogP contribution is -2.38. The van der Waals surface area contributed by atoms with Crippen LogP contribution in [0.3, 0.4) is 0 Å². The molecule has 1 saturated heterocycles. The van der Waals surface area contributed by atoms with Crippen LogP contribution >= 0.6 is 0 Å². The smallest absolute Gasteiger partial charge is 0.00642 e. The van der Waals surface area contributed by atoms with E-state index in [1.54, 1.807) is 0 Å². The van der Waals surface area contributed by atoms with E-state index in [0.717, 1.165) is 17.9 Å². The monoisotopic (exact) mass is 267 g/mol. The van der Waals surface area contributed by atoms with Crippen molar-refractivity contribution in [2.24, 2.45) is 11.8 Å². The van der Waals surface area contributed by atoms with Crippen LogP contribution in [-0.2, 0) is 0 Å². The molecule has 0 spiro atoms. The SMILES string of the molecule is CNC1CCC(CN(C)CC2CCN(C)CC2)CC1. The molecule has 0 radical (unpaired) electrons. The van der Waals surface area contributed by atoms with Crippen molar-refractivity contribution in [3.05, 3.63) is 0 Å². The summed E-state index contributed by atoms with van der Waals surface area (Å²) in [5, 5.41) is 3.43. The molecule has 0 aromatic rings. The molecule has 3 heteroatoms. The highest BCUT2D eigenvalue weighted by Crippen LogP contribution is 2.25. The fourth-order valence-corrected chi connectivity index (χ4v) is 3.83. The number of nitrogens with zero attached hydrogens (tertiary/aromatic N) is 2. The molecule has 1 aliphatic heterocycles. The van der Waals surface area contributed by atoms with E-state index < -0.39 is 0 Å². The Balaban J connectivity index is 1.63. The van der Waals surface area contributed by atoms with Gasteiger partial charge in [-0.05, 0) is 84.6 Å². The Bertz CT molecular complexity index is 240. The first-order chi connectivity index (χ1) is 9.17. The Hall–Kier alpha value is -0.120. The lowest BCUT2D eigenvalue weighted by Gasteiger charge is -2.34. The van der Waals surface area contributed by atoms with Gasteiger partial charge in [0, 0.05) is 19.1 Å². The molecule has 0 atom stereocenters. The van der Waals surface area contributed by atoms with Crippen molar-refractivity contribution >= 4 is 0 Å². The third-order valence-electron chi connectivity index (χ3n) is 5.23. The van der Waals surface area contributed by atoms with Gasteiger partial charge in [-0.2, -0.15) is 0 Å². The van der Waals surface area contributed by atoms with Crippen molar-refractivity contribution in [1.82, 2.24) is 15.1 Å². The van der Waals surface area contributed by atoms with Crippen LogP contribution in [0.5, 0.6) is 0 Å². The van der Waals surface area contributed by atoms with Crippen LogP contribution in [0.25, 0.3) is 0 Å². The summed E-state index contributed by atoms with van der Waals surface area (Å²) in [5.41, 5.74) is 0. The fraction of sp³-hybridized carbons (Fsp3) is 1.00. The quantitative estimate of drug-likeness (QED) is 0.822. The summed E-state index contributed by atoms with van der Waals surface area (Å²) < 4.78 is 0. The highest BCUT2D eigenvalue weighted by molar-refractivity contribution is 4.79. The van der Waals surface area contributed by atoms with E-state index in [-0.39, 0.29) is 0 Å². The molecule has 1 N–H and O–H groups in total. The summed E-state index contributed by atoms with van der Waals surface area (Å²) >= 11 is 0. The van der Waals surface area contributed by atoms with Gasteiger partial charge in [-0.1, -0.05) is 0 Å². The van der Waals surface area contributed by atoms with Crippen molar-refractivity contribution in [3.8, 4) is 0 Å². The van der Waals surface area contributed by atoms with Crippen LogP contribution in [0.1, 0.15) is 38.5 Å². The molecular formula is C16H33N3. The number of likely N-dealkylation sites (tertiary alicyclic amines) is 1. The number of rotatable bonds is 5. The zero-order chi connectivity index (χ0) is 13.7. The standard InChI is InChI=1S/C16H33N3/c1-17-16-6-4-14(5-7-16)12-19(3)13-15-8-10-18(2)11-9-15/h14-17H,4-13H2,1-3H3. The first kappa shape index (κ1) is 15.3. The highest BCUT2D eigenvalue weighted by Gasteiger charge is 2.23. The van der Waals surface area contributed by atoms with Crippen LogP contribution < -0.4 is 5.32 Å². The van der Waals surface area contributed by atoms with Crippen molar-refractivity contribution in [2.45, 2.75) is 44.6 Å². The van der Waals surface area contributed by atoms with Gasteiger partial charge in [-0.3, -0.25) is 0 Å². The molecule has 2 rings (SSSR count). The third kappa shape index (κ3) is 5.05. The van der Waals surface area contributed by atoms with Gasteiger partial charge in [0.15, 0.2) is 0 Å². The fourth-order valence-electron chi connectivity index (χ4n) is 3.83. The maximum atomic E-state index is 3.43. The lowest BCUT2D eigenvalue weighted by molar-refractivity contribution is 0.153. The molecule has 3 nitrogen and oxygen atoms in total. The molecular weight excluding hydrogens is 234 g/mol. The molecule has 0 unspecified atom stereocenters. The van der Waals surface area contributed by atoms with Crippen molar-refractivity contribution < 1.29 is 0 Å². The molecule has 2 aliphatic rings. The van der Waals surface area contributed by atoms with Gasteiger partial charge in [0.2, 0.25) is 0 Å². The van der Waals surface area contributed by atoms with Crippen molar-refractivity contribution in [2.75, 3.05) is 47.3 Å². The summed E-state index contributed by atoms with van der Waals surface area (Å²) in [6, 6.07) is 0.787. The lowest BCUT2D eigenvalue weighted by atomic mass is 9.85. The number of hydrogen-bond acceptors (Lipinski definition) is 3. The van der Waals surface area contributed by atoms with E-state index in [2.05, 4.69) is 36.3 Å². The number of hydrogen-bond donors (Lipinski definition) is 1. The van der Waals surface area contributed by atoms with E-state index in [1.165, 1.54) is 64.7 Å². The Morgan fingerprint density at radius 1 is 0.947 bits per heavy atom. The normalized spacial score (nSPS) is 30.9. The zero-order valence-electron chi connectivity index (χ0n) is 13.2. The van der Waals surface area contributed by atoms with Gasteiger partial charge >= 0.3 is 0 Å². The summed E-state index contributed by atoms with van der Waals surface area (Å²) in [4.78, 5) is 5.08.